The van der Waals surface area contributed by atoms with Crippen molar-refractivity contribution in [1.29, 1.82) is 0 Å². The largest absolute Gasteiger partial charge is 0.405 e. The van der Waals surface area contributed by atoms with Crippen molar-refractivity contribution in [3.05, 3.63) is 0 Å². The van der Waals surface area contributed by atoms with Gasteiger partial charge in [0.2, 0.25) is 5.91 Å². The molecule has 0 bridgehead atoms. The zero-order valence-electron chi connectivity index (χ0n) is 5.53. The SMILES string of the molecule is O=C1CC[C@H](C(F)(F)F)NN1. The van der Waals surface area contributed by atoms with E-state index in [1.54, 1.807) is 0 Å². The Morgan fingerprint density at radius 2 is 2.09 bits per heavy atom. The maximum atomic E-state index is 11.9. The first-order valence-electron chi connectivity index (χ1n) is 3.11. The molecule has 3 nitrogen and oxygen atoms in total. The summed E-state index contributed by atoms with van der Waals surface area (Å²) in [6, 6.07) is -1.60. The fourth-order valence-corrected chi connectivity index (χ4v) is 0.823. The molecule has 0 aromatic heterocycles. The Balaban J connectivity index is 2.45. The van der Waals surface area contributed by atoms with E-state index >= 15 is 0 Å². The van der Waals surface area contributed by atoms with Crippen molar-refractivity contribution in [2.75, 3.05) is 0 Å². The highest BCUT2D eigenvalue weighted by Crippen LogP contribution is 2.24. The smallest absolute Gasteiger partial charge is 0.291 e. The van der Waals surface area contributed by atoms with Crippen molar-refractivity contribution in [3.63, 3.8) is 0 Å². The predicted molar refractivity (Wildman–Crippen MR) is 30.4 cm³/mol. The van der Waals surface area contributed by atoms with Gasteiger partial charge in [-0.3, -0.25) is 10.2 Å². The standard InChI is InChI=1S/C5H7F3N2O/c6-5(7,8)3-1-2-4(11)10-9-3/h3,9H,1-2H2,(H,10,11)/t3-/m1/s1. The summed E-state index contributed by atoms with van der Waals surface area (Å²) in [5.41, 5.74) is 3.81. The molecule has 0 spiro atoms. The van der Waals surface area contributed by atoms with Crippen LogP contribution in [0.3, 0.4) is 0 Å². The van der Waals surface area contributed by atoms with E-state index in [1.807, 2.05) is 10.9 Å². The summed E-state index contributed by atoms with van der Waals surface area (Å²) in [5, 5.41) is 0. The average Bonchev–Trinajstić information content (AvgIpc) is 1.86. The second-order valence-corrected chi connectivity index (χ2v) is 2.33. The molecule has 11 heavy (non-hydrogen) atoms. The predicted octanol–water partition coefficient (Wildman–Crippen LogP) is 0.332. The number of alkyl halides is 3. The second kappa shape index (κ2) is 2.69. The van der Waals surface area contributed by atoms with Crippen molar-refractivity contribution in [2.24, 2.45) is 0 Å². The Bertz CT molecular complexity index is 158. The number of halogens is 3. The quantitative estimate of drug-likeness (QED) is 0.547. The first-order chi connectivity index (χ1) is 5.00. The van der Waals surface area contributed by atoms with Gasteiger partial charge in [0, 0.05) is 6.42 Å². The normalized spacial score (nSPS) is 26.5. The topological polar surface area (TPSA) is 41.1 Å². The summed E-state index contributed by atoms with van der Waals surface area (Å²) in [6.07, 6.45) is -4.53. The summed E-state index contributed by atoms with van der Waals surface area (Å²) in [5.74, 6) is -0.398. The molecule has 0 aliphatic carbocycles. The molecule has 1 amide bonds. The number of rotatable bonds is 0. The summed E-state index contributed by atoms with van der Waals surface area (Å²) in [7, 11) is 0. The molecule has 0 aromatic rings. The van der Waals surface area contributed by atoms with Crippen LogP contribution in [0.1, 0.15) is 12.8 Å². The Kier molecular flexibility index (Phi) is 2.03. The van der Waals surface area contributed by atoms with Crippen LogP contribution in [-0.2, 0) is 4.79 Å². The van der Waals surface area contributed by atoms with E-state index in [1.165, 1.54) is 0 Å². The van der Waals surface area contributed by atoms with Gasteiger partial charge in [-0.05, 0) is 6.42 Å². The minimum absolute atomic E-state index is 0.0722. The van der Waals surface area contributed by atoms with E-state index in [4.69, 9.17) is 0 Å². The van der Waals surface area contributed by atoms with Crippen LogP contribution in [0, 0.1) is 0 Å². The number of hydrogen-bond acceptors (Lipinski definition) is 2. The van der Waals surface area contributed by atoms with Gasteiger partial charge in [-0.1, -0.05) is 0 Å². The lowest BCUT2D eigenvalue weighted by atomic mass is 10.1. The monoisotopic (exact) mass is 168 g/mol. The first-order valence-corrected chi connectivity index (χ1v) is 3.11. The minimum Gasteiger partial charge on any atom is -0.291 e. The van der Waals surface area contributed by atoms with Gasteiger partial charge in [-0.15, -0.1) is 0 Å². The fraction of sp³-hybridized carbons (Fsp3) is 0.800. The zero-order chi connectivity index (χ0) is 8.48. The Hall–Kier alpha value is -0.780. The van der Waals surface area contributed by atoms with Crippen LogP contribution in [0.15, 0.2) is 0 Å². The van der Waals surface area contributed by atoms with Gasteiger partial charge in [0.15, 0.2) is 0 Å². The lowest BCUT2D eigenvalue weighted by Gasteiger charge is -2.25. The maximum absolute atomic E-state index is 11.9. The number of hydrazine groups is 1. The van der Waals surface area contributed by atoms with E-state index in [9.17, 15) is 18.0 Å². The highest BCUT2D eigenvalue weighted by molar-refractivity contribution is 5.76. The molecule has 1 aliphatic heterocycles. The third kappa shape index (κ3) is 2.07. The van der Waals surface area contributed by atoms with Gasteiger partial charge < -0.3 is 0 Å². The molecule has 6 heteroatoms. The number of nitrogens with one attached hydrogen (secondary N) is 2. The van der Waals surface area contributed by atoms with Crippen molar-refractivity contribution in [3.8, 4) is 0 Å². The third-order valence-electron chi connectivity index (χ3n) is 1.44. The molecule has 0 radical (unpaired) electrons. The van der Waals surface area contributed by atoms with Crippen LogP contribution in [0.5, 0.6) is 0 Å². The van der Waals surface area contributed by atoms with Crippen LogP contribution < -0.4 is 10.9 Å². The van der Waals surface area contributed by atoms with Crippen molar-refractivity contribution >= 4 is 5.91 Å². The van der Waals surface area contributed by atoms with E-state index in [0.29, 0.717) is 0 Å². The molecule has 1 aliphatic rings. The maximum Gasteiger partial charge on any atom is 0.405 e. The van der Waals surface area contributed by atoms with Crippen LogP contribution in [0.2, 0.25) is 0 Å². The summed E-state index contributed by atoms with van der Waals surface area (Å²) in [4.78, 5) is 10.4. The highest BCUT2D eigenvalue weighted by Gasteiger charge is 2.41. The van der Waals surface area contributed by atoms with Crippen LogP contribution in [0.4, 0.5) is 13.2 Å². The highest BCUT2D eigenvalue weighted by atomic mass is 19.4. The average molecular weight is 168 g/mol. The van der Waals surface area contributed by atoms with E-state index in [2.05, 4.69) is 0 Å². The van der Waals surface area contributed by atoms with E-state index < -0.39 is 18.1 Å². The molecule has 0 unspecified atom stereocenters. The fourth-order valence-electron chi connectivity index (χ4n) is 0.823. The number of amides is 1. The van der Waals surface area contributed by atoms with Crippen LogP contribution in [-0.4, -0.2) is 18.1 Å². The van der Waals surface area contributed by atoms with Crippen LogP contribution >= 0.6 is 0 Å². The summed E-state index contributed by atoms with van der Waals surface area (Å²) < 4.78 is 35.6. The molecule has 0 aromatic carbocycles. The molecule has 1 fully saturated rings. The Morgan fingerprint density at radius 1 is 1.45 bits per heavy atom. The minimum atomic E-state index is -4.27. The number of hydrogen-bond donors (Lipinski definition) is 2. The molecule has 1 rings (SSSR count). The third-order valence-corrected chi connectivity index (χ3v) is 1.44. The van der Waals surface area contributed by atoms with Crippen molar-refractivity contribution in [2.45, 2.75) is 25.1 Å². The Labute approximate surface area is 60.9 Å². The van der Waals surface area contributed by atoms with Crippen molar-refractivity contribution in [1.82, 2.24) is 10.9 Å². The van der Waals surface area contributed by atoms with Crippen molar-refractivity contribution < 1.29 is 18.0 Å². The number of carbonyl (C=O) groups excluding carboxylic acids is 1. The lowest BCUT2D eigenvalue weighted by molar-refractivity contribution is -0.166. The number of carbonyl (C=O) groups is 1. The molecule has 64 valence electrons. The van der Waals surface area contributed by atoms with Gasteiger partial charge in [0.05, 0.1) is 0 Å². The van der Waals surface area contributed by atoms with Gasteiger partial charge in [0.1, 0.15) is 6.04 Å². The van der Waals surface area contributed by atoms with Crippen LogP contribution in [0.25, 0.3) is 0 Å². The zero-order valence-corrected chi connectivity index (χ0v) is 5.53. The Morgan fingerprint density at radius 3 is 2.45 bits per heavy atom. The van der Waals surface area contributed by atoms with E-state index in [-0.39, 0.29) is 12.8 Å². The molecule has 0 saturated carbocycles. The van der Waals surface area contributed by atoms with E-state index in [0.717, 1.165) is 0 Å². The summed E-state index contributed by atoms with van der Waals surface area (Å²) in [6.45, 7) is 0. The van der Waals surface area contributed by atoms with Gasteiger partial charge in [-0.2, -0.15) is 13.2 Å². The molecular formula is C5H7F3N2O. The molecule has 1 saturated heterocycles. The molecular weight excluding hydrogens is 161 g/mol. The summed E-state index contributed by atoms with van der Waals surface area (Å²) >= 11 is 0. The molecule has 1 atom stereocenters. The van der Waals surface area contributed by atoms with Gasteiger partial charge in [0.25, 0.3) is 0 Å². The molecule has 2 N–H and O–H groups in total. The first kappa shape index (κ1) is 8.32. The second-order valence-electron chi connectivity index (χ2n) is 2.33. The van der Waals surface area contributed by atoms with Gasteiger partial charge >= 0.3 is 6.18 Å². The van der Waals surface area contributed by atoms with Gasteiger partial charge in [-0.25, -0.2) is 5.43 Å². The molecule has 1 heterocycles. The lowest BCUT2D eigenvalue weighted by Crippen LogP contribution is -2.55.